The first-order valence-corrected chi connectivity index (χ1v) is 6.64. The first kappa shape index (κ1) is 12.6. The van der Waals surface area contributed by atoms with Gasteiger partial charge in [0.2, 0.25) is 0 Å². The van der Waals surface area contributed by atoms with Crippen LogP contribution in [0.15, 0.2) is 6.33 Å². The highest BCUT2D eigenvalue weighted by molar-refractivity contribution is 4.95. The molecule has 0 saturated heterocycles. The van der Waals surface area contributed by atoms with Crippen LogP contribution in [0.5, 0.6) is 0 Å². The Hall–Kier alpha value is -0.900. The summed E-state index contributed by atoms with van der Waals surface area (Å²) in [4.78, 5) is 4.36. The Balaban J connectivity index is 2.06. The standard InChI is InChI=1S/C13H24N4/c1-4-17-12(15-9-16-17)7-10-8-13(2,3)6-5-11(10)14/h9-11H,4-8,14H2,1-3H3. The van der Waals surface area contributed by atoms with E-state index in [1.54, 1.807) is 6.33 Å². The summed E-state index contributed by atoms with van der Waals surface area (Å²) in [6, 6.07) is 0.324. The van der Waals surface area contributed by atoms with Crippen molar-refractivity contribution in [3.05, 3.63) is 12.2 Å². The minimum absolute atomic E-state index is 0.324. The fourth-order valence-electron chi connectivity index (χ4n) is 2.92. The van der Waals surface area contributed by atoms with Crippen LogP contribution in [0.25, 0.3) is 0 Å². The second-order valence-corrected chi connectivity index (χ2v) is 6.03. The number of hydrogen-bond acceptors (Lipinski definition) is 3. The number of aryl methyl sites for hydroxylation is 1. The average Bonchev–Trinajstić information content (AvgIpc) is 2.70. The summed E-state index contributed by atoms with van der Waals surface area (Å²) < 4.78 is 1.98. The molecular formula is C13H24N4. The first-order valence-electron chi connectivity index (χ1n) is 6.64. The second-order valence-electron chi connectivity index (χ2n) is 6.03. The molecule has 0 aromatic carbocycles. The Bertz CT molecular complexity index is 369. The van der Waals surface area contributed by atoms with Crippen molar-refractivity contribution in [1.29, 1.82) is 0 Å². The van der Waals surface area contributed by atoms with Gasteiger partial charge in [0.05, 0.1) is 0 Å². The topological polar surface area (TPSA) is 56.7 Å². The molecule has 1 heterocycles. The van der Waals surface area contributed by atoms with Crippen molar-refractivity contribution in [3.63, 3.8) is 0 Å². The van der Waals surface area contributed by atoms with Gasteiger partial charge in [0.1, 0.15) is 12.2 Å². The summed E-state index contributed by atoms with van der Waals surface area (Å²) in [5.74, 6) is 1.64. The molecule has 1 saturated carbocycles. The van der Waals surface area contributed by atoms with Crippen LogP contribution in [0.3, 0.4) is 0 Å². The lowest BCUT2D eigenvalue weighted by Gasteiger charge is -2.39. The summed E-state index contributed by atoms with van der Waals surface area (Å²) in [6.07, 6.45) is 6.20. The van der Waals surface area contributed by atoms with Crippen LogP contribution in [0.1, 0.15) is 45.9 Å². The van der Waals surface area contributed by atoms with Crippen LogP contribution in [0.4, 0.5) is 0 Å². The normalized spacial score (nSPS) is 28.2. The van der Waals surface area contributed by atoms with Gasteiger partial charge in [0.15, 0.2) is 0 Å². The van der Waals surface area contributed by atoms with Crippen LogP contribution in [0, 0.1) is 11.3 Å². The van der Waals surface area contributed by atoms with E-state index in [0.29, 0.717) is 17.4 Å². The van der Waals surface area contributed by atoms with E-state index in [1.807, 2.05) is 4.68 Å². The molecular weight excluding hydrogens is 212 g/mol. The molecule has 2 atom stereocenters. The van der Waals surface area contributed by atoms with E-state index in [9.17, 15) is 0 Å². The van der Waals surface area contributed by atoms with Gasteiger partial charge in [-0.15, -0.1) is 0 Å². The molecule has 1 fully saturated rings. The Morgan fingerprint density at radius 2 is 2.29 bits per heavy atom. The van der Waals surface area contributed by atoms with Crippen LogP contribution < -0.4 is 5.73 Å². The monoisotopic (exact) mass is 236 g/mol. The van der Waals surface area contributed by atoms with Crippen LogP contribution in [-0.2, 0) is 13.0 Å². The number of nitrogens with zero attached hydrogens (tertiary/aromatic N) is 3. The molecule has 0 radical (unpaired) electrons. The van der Waals surface area contributed by atoms with E-state index in [1.165, 1.54) is 12.8 Å². The molecule has 1 aliphatic rings. The fraction of sp³-hybridized carbons (Fsp3) is 0.846. The van der Waals surface area contributed by atoms with Crippen LogP contribution in [0.2, 0.25) is 0 Å². The maximum absolute atomic E-state index is 6.25. The highest BCUT2D eigenvalue weighted by Gasteiger charge is 2.33. The highest BCUT2D eigenvalue weighted by Crippen LogP contribution is 2.39. The van der Waals surface area contributed by atoms with Gasteiger partial charge in [-0.3, -0.25) is 4.68 Å². The van der Waals surface area contributed by atoms with E-state index in [0.717, 1.165) is 25.2 Å². The predicted molar refractivity (Wildman–Crippen MR) is 68.5 cm³/mol. The zero-order valence-electron chi connectivity index (χ0n) is 11.2. The third-order valence-corrected chi connectivity index (χ3v) is 4.01. The molecule has 1 aliphatic carbocycles. The smallest absolute Gasteiger partial charge is 0.138 e. The molecule has 2 rings (SSSR count). The van der Waals surface area contributed by atoms with Gasteiger partial charge in [-0.1, -0.05) is 13.8 Å². The summed E-state index contributed by atoms with van der Waals surface area (Å²) >= 11 is 0. The van der Waals surface area contributed by atoms with E-state index < -0.39 is 0 Å². The van der Waals surface area contributed by atoms with Gasteiger partial charge < -0.3 is 5.73 Å². The number of hydrogen-bond donors (Lipinski definition) is 1. The Labute approximate surface area is 104 Å². The van der Waals surface area contributed by atoms with Crippen molar-refractivity contribution in [2.24, 2.45) is 17.1 Å². The first-order chi connectivity index (χ1) is 8.02. The molecule has 0 bridgehead atoms. The summed E-state index contributed by atoms with van der Waals surface area (Å²) in [5.41, 5.74) is 6.68. The zero-order valence-corrected chi connectivity index (χ0v) is 11.2. The quantitative estimate of drug-likeness (QED) is 0.873. The minimum atomic E-state index is 0.324. The third-order valence-electron chi connectivity index (χ3n) is 4.01. The lowest BCUT2D eigenvalue weighted by Crippen LogP contribution is -2.40. The SMILES string of the molecule is CCn1ncnc1CC1CC(C)(C)CCC1N. The summed E-state index contributed by atoms with van der Waals surface area (Å²) in [5, 5.41) is 4.23. The van der Waals surface area contributed by atoms with E-state index >= 15 is 0 Å². The molecule has 0 spiro atoms. The maximum Gasteiger partial charge on any atom is 0.138 e. The molecule has 1 aromatic rings. The molecule has 1 aromatic heterocycles. The van der Waals surface area contributed by atoms with Crippen molar-refractivity contribution in [3.8, 4) is 0 Å². The largest absolute Gasteiger partial charge is 0.327 e. The highest BCUT2D eigenvalue weighted by atomic mass is 15.3. The van der Waals surface area contributed by atoms with Crippen molar-refractivity contribution in [1.82, 2.24) is 14.8 Å². The summed E-state index contributed by atoms with van der Waals surface area (Å²) in [6.45, 7) is 7.68. The Morgan fingerprint density at radius 1 is 1.53 bits per heavy atom. The van der Waals surface area contributed by atoms with Crippen molar-refractivity contribution < 1.29 is 0 Å². The van der Waals surface area contributed by atoms with Crippen molar-refractivity contribution >= 4 is 0 Å². The van der Waals surface area contributed by atoms with Gasteiger partial charge in [-0.25, -0.2) is 4.98 Å². The molecule has 2 N–H and O–H groups in total. The molecule has 4 nitrogen and oxygen atoms in total. The molecule has 2 unspecified atom stereocenters. The van der Waals surface area contributed by atoms with Gasteiger partial charge in [0, 0.05) is 19.0 Å². The van der Waals surface area contributed by atoms with E-state index in [2.05, 4.69) is 30.9 Å². The van der Waals surface area contributed by atoms with Gasteiger partial charge in [-0.05, 0) is 37.5 Å². The van der Waals surface area contributed by atoms with Crippen LogP contribution >= 0.6 is 0 Å². The molecule has 17 heavy (non-hydrogen) atoms. The lowest BCUT2D eigenvalue weighted by atomic mass is 9.69. The Morgan fingerprint density at radius 3 is 3.00 bits per heavy atom. The number of aromatic nitrogens is 3. The minimum Gasteiger partial charge on any atom is -0.327 e. The van der Waals surface area contributed by atoms with Crippen molar-refractivity contribution in [2.45, 2.75) is 59.0 Å². The van der Waals surface area contributed by atoms with E-state index in [-0.39, 0.29) is 0 Å². The average molecular weight is 236 g/mol. The van der Waals surface area contributed by atoms with Gasteiger partial charge in [0.25, 0.3) is 0 Å². The van der Waals surface area contributed by atoms with Crippen molar-refractivity contribution in [2.75, 3.05) is 0 Å². The number of rotatable bonds is 3. The summed E-state index contributed by atoms with van der Waals surface area (Å²) in [7, 11) is 0. The fourth-order valence-corrected chi connectivity index (χ4v) is 2.92. The third kappa shape index (κ3) is 2.86. The van der Waals surface area contributed by atoms with Gasteiger partial charge in [-0.2, -0.15) is 5.10 Å². The number of nitrogens with two attached hydrogens (primary N) is 1. The van der Waals surface area contributed by atoms with E-state index in [4.69, 9.17) is 5.73 Å². The zero-order chi connectivity index (χ0) is 12.5. The molecule has 4 heteroatoms. The molecule has 0 aliphatic heterocycles. The Kier molecular flexibility index (Phi) is 3.52. The second kappa shape index (κ2) is 4.77. The predicted octanol–water partition coefficient (Wildman–Crippen LogP) is 1.99. The van der Waals surface area contributed by atoms with Gasteiger partial charge >= 0.3 is 0 Å². The van der Waals surface area contributed by atoms with Crippen LogP contribution in [-0.4, -0.2) is 20.8 Å². The molecule has 0 amide bonds. The maximum atomic E-state index is 6.25. The molecule has 96 valence electrons. The lowest BCUT2D eigenvalue weighted by molar-refractivity contribution is 0.154.